The minimum absolute atomic E-state index is 0.0165. The van der Waals surface area contributed by atoms with Crippen LogP contribution in [0.15, 0.2) is 57.7 Å². The van der Waals surface area contributed by atoms with Gasteiger partial charge >= 0.3 is 11.8 Å². The number of halogens is 2. The molecule has 21 heavy (non-hydrogen) atoms. The van der Waals surface area contributed by atoms with E-state index in [9.17, 15) is 9.18 Å². The van der Waals surface area contributed by atoms with Gasteiger partial charge in [-0.05, 0) is 36.4 Å². The van der Waals surface area contributed by atoms with Gasteiger partial charge in [0.25, 0.3) is 0 Å². The number of ether oxygens (including phenoxy) is 1. The minimum Gasteiger partial charge on any atom is -0.410 e. The maximum atomic E-state index is 13.6. The third kappa shape index (κ3) is 2.80. The van der Waals surface area contributed by atoms with E-state index >= 15 is 0 Å². The molecule has 0 aliphatic heterocycles. The van der Waals surface area contributed by atoms with Crippen molar-refractivity contribution >= 4 is 11.6 Å². The van der Waals surface area contributed by atoms with E-state index in [2.05, 4.69) is 5.10 Å². The summed E-state index contributed by atoms with van der Waals surface area (Å²) in [7, 11) is 0. The normalized spacial score (nSPS) is 10.6. The number of nitrogens with zero attached hydrogens (tertiary/aromatic N) is 2. The Morgan fingerprint density at radius 3 is 2.57 bits per heavy atom. The average Bonchev–Trinajstić information content (AvgIpc) is 2.83. The van der Waals surface area contributed by atoms with Gasteiger partial charge in [0.05, 0.1) is 0 Å². The molecule has 0 aliphatic rings. The molecule has 0 saturated carbocycles. The number of hydrogen-bond acceptors (Lipinski definition) is 4. The van der Waals surface area contributed by atoms with Gasteiger partial charge in [-0.3, -0.25) is 0 Å². The second-order valence-electron chi connectivity index (χ2n) is 4.05. The van der Waals surface area contributed by atoms with E-state index in [0.29, 0.717) is 10.8 Å². The summed E-state index contributed by atoms with van der Waals surface area (Å²) < 4.78 is 24.5. The van der Waals surface area contributed by atoms with Gasteiger partial charge in [-0.1, -0.05) is 28.8 Å². The van der Waals surface area contributed by atoms with Gasteiger partial charge in [0, 0.05) is 5.02 Å². The van der Waals surface area contributed by atoms with Crippen molar-refractivity contribution in [3.8, 4) is 17.5 Å². The molecular weight excluding hydrogens is 299 g/mol. The van der Waals surface area contributed by atoms with E-state index in [1.165, 1.54) is 18.2 Å². The van der Waals surface area contributed by atoms with Crippen LogP contribution in [-0.2, 0) is 0 Å². The van der Waals surface area contributed by atoms with Gasteiger partial charge in [0.1, 0.15) is 17.3 Å². The van der Waals surface area contributed by atoms with Crippen LogP contribution in [0.5, 0.6) is 11.8 Å². The van der Waals surface area contributed by atoms with Crippen LogP contribution in [0.4, 0.5) is 4.39 Å². The highest BCUT2D eigenvalue weighted by Gasteiger charge is 2.14. The molecule has 2 aromatic carbocycles. The van der Waals surface area contributed by atoms with Gasteiger partial charge < -0.3 is 9.15 Å². The molecule has 0 amide bonds. The lowest BCUT2D eigenvalue weighted by molar-refractivity contribution is 0.320. The first kappa shape index (κ1) is 13.4. The number of hydrogen-bond donors (Lipinski definition) is 0. The second kappa shape index (κ2) is 5.41. The van der Waals surface area contributed by atoms with E-state index in [-0.39, 0.29) is 11.8 Å². The Bertz CT molecular complexity index is 827. The van der Waals surface area contributed by atoms with Crippen LogP contribution in [0.1, 0.15) is 0 Å². The minimum atomic E-state index is -0.843. The Hall–Kier alpha value is -2.60. The SMILES string of the molecule is O=c1oc(Oc2ccc(Cl)cc2)nn1-c1ccccc1F. The first-order valence-corrected chi connectivity index (χ1v) is 6.30. The molecule has 3 rings (SSSR count). The molecule has 0 bridgehead atoms. The molecule has 1 aromatic heterocycles. The van der Waals surface area contributed by atoms with Gasteiger partial charge in [-0.2, -0.15) is 4.68 Å². The second-order valence-corrected chi connectivity index (χ2v) is 4.49. The van der Waals surface area contributed by atoms with Crippen molar-refractivity contribution in [1.82, 2.24) is 9.78 Å². The number of rotatable bonds is 3. The Labute approximate surface area is 123 Å². The zero-order valence-electron chi connectivity index (χ0n) is 10.5. The van der Waals surface area contributed by atoms with Crippen molar-refractivity contribution in [1.29, 1.82) is 0 Å². The molecule has 0 unspecified atom stereocenters. The van der Waals surface area contributed by atoms with E-state index in [1.807, 2.05) is 0 Å². The van der Waals surface area contributed by atoms with Crippen LogP contribution < -0.4 is 10.5 Å². The van der Waals surface area contributed by atoms with E-state index in [4.69, 9.17) is 20.8 Å². The number of para-hydroxylation sites is 1. The summed E-state index contributed by atoms with van der Waals surface area (Å²) in [5.74, 6) is -1.05. The summed E-state index contributed by atoms with van der Waals surface area (Å²) in [5, 5.41) is 4.34. The quantitative estimate of drug-likeness (QED) is 0.744. The summed E-state index contributed by atoms with van der Waals surface area (Å²) in [5.41, 5.74) is -0.0165. The maximum absolute atomic E-state index is 13.6. The largest absolute Gasteiger partial charge is 0.444 e. The van der Waals surface area contributed by atoms with Crippen LogP contribution in [0.3, 0.4) is 0 Å². The summed E-state index contributed by atoms with van der Waals surface area (Å²) in [6.07, 6.45) is -0.287. The van der Waals surface area contributed by atoms with Crippen molar-refractivity contribution in [2.45, 2.75) is 0 Å². The van der Waals surface area contributed by atoms with Crippen molar-refractivity contribution in [2.75, 3.05) is 0 Å². The zero-order chi connectivity index (χ0) is 14.8. The first-order chi connectivity index (χ1) is 10.1. The molecule has 0 aliphatic carbocycles. The molecule has 7 heteroatoms. The van der Waals surface area contributed by atoms with Gasteiger partial charge in [0.15, 0.2) is 0 Å². The highest BCUT2D eigenvalue weighted by Crippen LogP contribution is 2.21. The summed E-state index contributed by atoms with van der Waals surface area (Å²) in [4.78, 5) is 11.7. The standard InChI is InChI=1S/C14H8ClFN2O3/c15-9-5-7-10(8-6-9)20-13-17-18(14(19)21-13)12-4-2-1-3-11(12)16/h1-8H. The molecule has 1 heterocycles. The molecule has 3 aromatic rings. The first-order valence-electron chi connectivity index (χ1n) is 5.92. The van der Waals surface area contributed by atoms with E-state index in [0.717, 1.165) is 4.68 Å². The van der Waals surface area contributed by atoms with Crippen molar-refractivity contribution in [3.05, 3.63) is 69.9 Å². The Kier molecular flexibility index (Phi) is 3.45. The predicted molar refractivity (Wildman–Crippen MR) is 73.6 cm³/mol. The van der Waals surface area contributed by atoms with Crippen LogP contribution >= 0.6 is 11.6 Å². The lowest BCUT2D eigenvalue weighted by Crippen LogP contribution is -2.14. The molecule has 5 nitrogen and oxygen atoms in total. The smallest absolute Gasteiger partial charge is 0.410 e. The highest BCUT2D eigenvalue weighted by atomic mass is 35.5. The summed E-state index contributed by atoms with van der Waals surface area (Å²) >= 11 is 5.75. The monoisotopic (exact) mass is 306 g/mol. The molecule has 0 spiro atoms. The third-order valence-electron chi connectivity index (χ3n) is 2.63. The fourth-order valence-electron chi connectivity index (χ4n) is 1.68. The average molecular weight is 307 g/mol. The Balaban J connectivity index is 1.93. The third-order valence-corrected chi connectivity index (χ3v) is 2.88. The molecule has 0 fully saturated rings. The van der Waals surface area contributed by atoms with Gasteiger partial charge in [-0.15, -0.1) is 0 Å². The fourth-order valence-corrected chi connectivity index (χ4v) is 1.81. The van der Waals surface area contributed by atoms with Crippen LogP contribution in [0.25, 0.3) is 5.69 Å². The molecule has 0 atom stereocenters. The summed E-state index contributed by atoms with van der Waals surface area (Å²) in [6.45, 7) is 0. The zero-order valence-corrected chi connectivity index (χ0v) is 11.2. The van der Waals surface area contributed by atoms with Crippen molar-refractivity contribution < 1.29 is 13.5 Å². The van der Waals surface area contributed by atoms with Crippen LogP contribution in [0.2, 0.25) is 5.02 Å². The lowest BCUT2D eigenvalue weighted by atomic mass is 10.3. The molecule has 106 valence electrons. The molecule has 0 radical (unpaired) electrons. The lowest BCUT2D eigenvalue weighted by Gasteiger charge is -2.00. The topological polar surface area (TPSA) is 57.3 Å². The molecule has 0 saturated heterocycles. The predicted octanol–water partition coefficient (Wildman–Crippen LogP) is 3.41. The van der Waals surface area contributed by atoms with Crippen LogP contribution in [-0.4, -0.2) is 9.78 Å². The maximum Gasteiger partial charge on any atom is 0.444 e. The van der Waals surface area contributed by atoms with E-state index in [1.54, 1.807) is 30.3 Å². The fraction of sp³-hybridized carbons (Fsp3) is 0. The van der Waals surface area contributed by atoms with Gasteiger partial charge in [0.2, 0.25) is 0 Å². The molecule has 0 N–H and O–H groups in total. The highest BCUT2D eigenvalue weighted by molar-refractivity contribution is 6.30. The number of aromatic nitrogens is 2. The Morgan fingerprint density at radius 2 is 1.86 bits per heavy atom. The Morgan fingerprint density at radius 1 is 1.14 bits per heavy atom. The van der Waals surface area contributed by atoms with Crippen molar-refractivity contribution in [2.24, 2.45) is 0 Å². The van der Waals surface area contributed by atoms with Crippen LogP contribution in [0, 0.1) is 5.82 Å². The molecular formula is C14H8ClFN2O3. The van der Waals surface area contributed by atoms with E-state index < -0.39 is 11.6 Å². The van der Waals surface area contributed by atoms with Crippen molar-refractivity contribution in [3.63, 3.8) is 0 Å². The number of benzene rings is 2. The van der Waals surface area contributed by atoms with Gasteiger partial charge in [-0.25, -0.2) is 9.18 Å². The summed E-state index contributed by atoms with van der Waals surface area (Å²) in [6, 6.07) is 12.1.